The minimum Gasteiger partial charge on any atom is -0.454 e. The lowest BCUT2D eigenvalue weighted by atomic mass is 10.2. The maximum absolute atomic E-state index is 12.6. The van der Waals surface area contributed by atoms with Crippen molar-refractivity contribution in [1.29, 1.82) is 0 Å². The standard InChI is InChI=1S/C20H15ClN2O3/c21-16-10-15(11-17-19(16)26-13-25-17)20(24)22-18-8-4-5-9-23(18)12-14-6-2-1-3-7-14/h1-11H,12-13H2. The summed E-state index contributed by atoms with van der Waals surface area (Å²) in [6, 6.07) is 18.7. The third kappa shape index (κ3) is 3.34. The molecule has 26 heavy (non-hydrogen) atoms. The van der Waals surface area contributed by atoms with E-state index in [4.69, 9.17) is 21.1 Å². The molecule has 0 saturated carbocycles. The fourth-order valence-electron chi connectivity index (χ4n) is 2.74. The fraction of sp³-hybridized carbons (Fsp3) is 0.100. The van der Waals surface area contributed by atoms with Crippen molar-refractivity contribution < 1.29 is 14.3 Å². The zero-order valence-corrected chi connectivity index (χ0v) is 14.5. The summed E-state index contributed by atoms with van der Waals surface area (Å²) in [5.41, 5.74) is 2.04. The van der Waals surface area contributed by atoms with Crippen molar-refractivity contribution in [3.05, 3.63) is 88.5 Å². The molecule has 0 bridgehead atoms. The number of halogens is 1. The van der Waals surface area contributed by atoms with Crippen LogP contribution in [0.15, 0.2) is 71.9 Å². The summed E-state index contributed by atoms with van der Waals surface area (Å²) < 4.78 is 12.5. The van der Waals surface area contributed by atoms with Crippen LogP contribution >= 0.6 is 11.6 Å². The SMILES string of the molecule is O=C(N=c1ccccn1Cc1ccccc1)c1cc(Cl)c2c(c1)OCO2. The third-order valence-corrected chi connectivity index (χ3v) is 4.28. The molecular weight excluding hydrogens is 352 g/mol. The normalized spacial score (nSPS) is 13.0. The van der Waals surface area contributed by atoms with Crippen LogP contribution in [0.25, 0.3) is 0 Å². The highest BCUT2D eigenvalue weighted by molar-refractivity contribution is 6.32. The Bertz CT molecular complexity index is 1030. The van der Waals surface area contributed by atoms with Crippen molar-refractivity contribution in [3.8, 4) is 11.5 Å². The van der Waals surface area contributed by atoms with E-state index in [0.29, 0.717) is 34.1 Å². The van der Waals surface area contributed by atoms with Gasteiger partial charge in [-0.25, -0.2) is 0 Å². The van der Waals surface area contributed by atoms with Crippen molar-refractivity contribution in [2.24, 2.45) is 4.99 Å². The molecule has 1 amide bonds. The van der Waals surface area contributed by atoms with Crippen LogP contribution in [0.5, 0.6) is 11.5 Å². The summed E-state index contributed by atoms with van der Waals surface area (Å²) in [5.74, 6) is 0.529. The van der Waals surface area contributed by atoms with Gasteiger partial charge < -0.3 is 14.0 Å². The molecule has 0 aliphatic carbocycles. The summed E-state index contributed by atoms with van der Waals surface area (Å²) in [4.78, 5) is 16.9. The summed E-state index contributed by atoms with van der Waals surface area (Å²) in [7, 11) is 0. The van der Waals surface area contributed by atoms with E-state index in [1.165, 1.54) is 0 Å². The van der Waals surface area contributed by atoms with Gasteiger partial charge in [0, 0.05) is 18.3 Å². The lowest BCUT2D eigenvalue weighted by Gasteiger charge is -2.07. The largest absolute Gasteiger partial charge is 0.454 e. The average molecular weight is 367 g/mol. The third-order valence-electron chi connectivity index (χ3n) is 4.00. The molecule has 0 N–H and O–H groups in total. The van der Waals surface area contributed by atoms with Gasteiger partial charge in [-0.2, -0.15) is 4.99 Å². The second-order valence-corrected chi connectivity index (χ2v) is 6.19. The Morgan fingerprint density at radius 1 is 1.08 bits per heavy atom. The predicted octanol–water partition coefficient (Wildman–Crippen LogP) is 3.66. The number of aromatic nitrogens is 1. The molecule has 0 radical (unpaired) electrons. The first-order valence-electron chi connectivity index (χ1n) is 8.08. The number of hydrogen-bond acceptors (Lipinski definition) is 3. The van der Waals surface area contributed by atoms with E-state index in [2.05, 4.69) is 4.99 Å². The summed E-state index contributed by atoms with van der Waals surface area (Å²) in [6.45, 7) is 0.718. The Hall–Kier alpha value is -3.05. The molecule has 1 aliphatic heterocycles. The molecule has 0 unspecified atom stereocenters. The molecule has 0 saturated heterocycles. The van der Waals surface area contributed by atoms with Crippen molar-refractivity contribution in [2.75, 3.05) is 6.79 Å². The quantitative estimate of drug-likeness (QED) is 0.710. The van der Waals surface area contributed by atoms with E-state index < -0.39 is 5.91 Å². The van der Waals surface area contributed by atoms with Crippen LogP contribution < -0.4 is 15.0 Å². The smallest absolute Gasteiger partial charge is 0.279 e. The van der Waals surface area contributed by atoms with Crippen molar-refractivity contribution in [3.63, 3.8) is 0 Å². The van der Waals surface area contributed by atoms with Gasteiger partial charge >= 0.3 is 0 Å². The highest BCUT2D eigenvalue weighted by atomic mass is 35.5. The molecule has 2 heterocycles. The molecule has 5 nitrogen and oxygen atoms in total. The number of rotatable bonds is 3. The lowest BCUT2D eigenvalue weighted by Crippen LogP contribution is -2.22. The number of ether oxygens (including phenoxy) is 2. The van der Waals surface area contributed by atoms with Crippen LogP contribution in [0, 0.1) is 0 Å². The van der Waals surface area contributed by atoms with E-state index in [1.54, 1.807) is 18.2 Å². The van der Waals surface area contributed by atoms with Gasteiger partial charge in [0.2, 0.25) is 6.79 Å². The predicted molar refractivity (Wildman–Crippen MR) is 97.4 cm³/mol. The van der Waals surface area contributed by atoms with E-state index in [-0.39, 0.29) is 6.79 Å². The number of benzene rings is 2. The molecule has 130 valence electrons. The highest BCUT2D eigenvalue weighted by Gasteiger charge is 2.20. The zero-order valence-electron chi connectivity index (χ0n) is 13.8. The Balaban J connectivity index is 1.69. The molecule has 6 heteroatoms. The molecule has 0 fully saturated rings. The van der Waals surface area contributed by atoms with Gasteiger partial charge in [-0.15, -0.1) is 0 Å². The molecule has 4 rings (SSSR count). The van der Waals surface area contributed by atoms with Gasteiger partial charge in [-0.1, -0.05) is 48.0 Å². The van der Waals surface area contributed by atoms with Crippen LogP contribution in [-0.4, -0.2) is 17.3 Å². The monoisotopic (exact) mass is 366 g/mol. The topological polar surface area (TPSA) is 52.8 Å². The van der Waals surface area contributed by atoms with Crippen LogP contribution in [0.1, 0.15) is 15.9 Å². The lowest BCUT2D eigenvalue weighted by molar-refractivity contribution is 0.0996. The number of fused-ring (bicyclic) bond motifs is 1. The van der Waals surface area contributed by atoms with Crippen LogP contribution in [0.4, 0.5) is 0 Å². The fourth-order valence-corrected chi connectivity index (χ4v) is 3.01. The first kappa shape index (κ1) is 16.4. The summed E-state index contributed by atoms with van der Waals surface area (Å²) in [6.07, 6.45) is 1.89. The molecule has 0 atom stereocenters. The molecular formula is C20H15ClN2O3. The van der Waals surface area contributed by atoms with Gasteiger partial charge in [0.05, 0.1) is 5.02 Å². The second-order valence-electron chi connectivity index (χ2n) is 5.78. The van der Waals surface area contributed by atoms with Crippen LogP contribution in [0.2, 0.25) is 5.02 Å². The number of nitrogens with zero attached hydrogens (tertiary/aromatic N) is 2. The average Bonchev–Trinajstić information content (AvgIpc) is 3.13. The number of pyridine rings is 1. The first-order chi connectivity index (χ1) is 12.7. The molecule has 1 aromatic heterocycles. The van der Waals surface area contributed by atoms with Gasteiger partial charge in [-0.3, -0.25) is 4.79 Å². The molecule has 0 spiro atoms. The van der Waals surface area contributed by atoms with E-state index in [1.807, 2.05) is 53.2 Å². The Morgan fingerprint density at radius 3 is 2.73 bits per heavy atom. The Kier molecular flexibility index (Phi) is 4.46. The maximum Gasteiger partial charge on any atom is 0.279 e. The number of carbonyl (C=O) groups is 1. The molecule has 3 aromatic rings. The van der Waals surface area contributed by atoms with Gasteiger partial charge in [-0.05, 0) is 29.8 Å². The minimum atomic E-state index is -0.391. The number of carbonyl (C=O) groups excluding carboxylic acids is 1. The second kappa shape index (κ2) is 7.06. The van der Waals surface area contributed by atoms with Crippen molar-refractivity contribution in [1.82, 2.24) is 4.57 Å². The number of hydrogen-bond donors (Lipinski definition) is 0. The van der Waals surface area contributed by atoms with Gasteiger partial charge in [0.25, 0.3) is 5.91 Å². The maximum atomic E-state index is 12.6. The van der Waals surface area contributed by atoms with Crippen molar-refractivity contribution in [2.45, 2.75) is 6.54 Å². The first-order valence-corrected chi connectivity index (χ1v) is 8.46. The van der Waals surface area contributed by atoms with E-state index in [9.17, 15) is 4.79 Å². The van der Waals surface area contributed by atoms with E-state index in [0.717, 1.165) is 5.56 Å². The zero-order chi connectivity index (χ0) is 17.9. The molecule has 2 aromatic carbocycles. The van der Waals surface area contributed by atoms with Crippen LogP contribution in [0.3, 0.4) is 0 Å². The number of amides is 1. The van der Waals surface area contributed by atoms with Gasteiger partial charge in [0.1, 0.15) is 5.49 Å². The Morgan fingerprint density at radius 2 is 1.88 bits per heavy atom. The minimum absolute atomic E-state index is 0.0968. The van der Waals surface area contributed by atoms with E-state index >= 15 is 0 Å². The summed E-state index contributed by atoms with van der Waals surface area (Å²) in [5, 5.41) is 0.337. The highest BCUT2D eigenvalue weighted by Crippen LogP contribution is 2.39. The van der Waals surface area contributed by atoms with Gasteiger partial charge in [0.15, 0.2) is 11.5 Å². The Labute approximate surface area is 155 Å². The van der Waals surface area contributed by atoms with Crippen LogP contribution in [-0.2, 0) is 6.54 Å². The summed E-state index contributed by atoms with van der Waals surface area (Å²) >= 11 is 6.16. The van der Waals surface area contributed by atoms with Crippen molar-refractivity contribution >= 4 is 17.5 Å². The molecule has 1 aliphatic rings.